The van der Waals surface area contributed by atoms with E-state index in [2.05, 4.69) is 5.32 Å². The highest BCUT2D eigenvalue weighted by Crippen LogP contribution is 2.23. The van der Waals surface area contributed by atoms with Crippen LogP contribution in [-0.4, -0.2) is 72.4 Å². The zero-order valence-electron chi connectivity index (χ0n) is 10.9. The van der Waals surface area contributed by atoms with Crippen LogP contribution in [0.4, 0.5) is 0 Å². The summed E-state index contributed by atoms with van der Waals surface area (Å²) in [5.74, 6) is 0. The van der Waals surface area contributed by atoms with E-state index in [1.165, 1.54) is 0 Å². The van der Waals surface area contributed by atoms with Gasteiger partial charge in [0.15, 0.2) is 6.29 Å². The highest BCUT2D eigenvalue weighted by atomic mass is 16.5. The number of nitrogens with two attached hydrogens (primary N) is 1. The molecule has 17 heavy (non-hydrogen) atoms. The van der Waals surface area contributed by atoms with Crippen LogP contribution in [0.1, 0.15) is 19.3 Å². The molecule has 0 bridgehead atoms. The van der Waals surface area contributed by atoms with Crippen molar-refractivity contribution in [2.45, 2.75) is 31.1 Å². The Bertz CT molecular complexity index is 191. The van der Waals surface area contributed by atoms with Gasteiger partial charge in [-0.1, -0.05) is 0 Å². The van der Waals surface area contributed by atoms with Gasteiger partial charge in [-0.3, -0.25) is 0 Å². The van der Waals surface area contributed by atoms with Crippen molar-refractivity contribution in [2.24, 2.45) is 5.73 Å². The van der Waals surface area contributed by atoms with E-state index in [4.69, 9.17) is 21.1 Å². The topological polar surface area (TPSA) is 102 Å². The Labute approximate surface area is 103 Å². The van der Waals surface area contributed by atoms with Crippen molar-refractivity contribution in [1.29, 1.82) is 0 Å². The number of hydrogen-bond acceptors (Lipinski definition) is 6. The van der Waals surface area contributed by atoms with Gasteiger partial charge in [-0.05, 0) is 33.4 Å². The Kier molecular flexibility index (Phi) is 8.67. The van der Waals surface area contributed by atoms with Crippen molar-refractivity contribution in [3.8, 4) is 0 Å². The molecule has 0 saturated carbocycles. The van der Waals surface area contributed by atoms with Crippen molar-refractivity contribution in [1.82, 2.24) is 10.2 Å². The van der Waals surface area contributed by atoms with Crippen LogP contribution in [-0.2, 0) is 0 Å². The number of hydrogen-bond donors (Lipinski definition) is 5. The van der Waals surface area contributed by atoms with Crippen LogP contribution in [0.25, 0.3) is 0 Å². The zero-order chi connectivity index (χ0) is 13.3. The van der Waals surface area contributed by atoms with Crippen LogP contribution in [0.5, 0.6) is 0 Å². The van der Waals surface area contributed by atoms with E-state index in [9.17, 15) is 0 Å². The molecule has 6 N–H and O–H groups in total. The molecule has 0 amide bonds. The highest BCUT2D eigenvalue weighted by Gasteiger charge is 2.31. The van der Waals surface area contributed by atoms with Gasteiger partial charge in [0.2, 0.25) is 0 Å². The van der Waals surface area contributed by atoms with Gasteiger partial charge in [0.1, 0.15) is 0 Å². The Morgan fingerprint density at radius 3 is 2.35 bits per heavy atom. The molecule has 0 heterocycles. The lowest BCUT2D eigenvalue weighted by Gasteiger charge is -2.40. The molecule has 0 saturated heterocycles. The molecule has 0 fully saturated rings. The molecule has 0 aromatic rings. The maximum Gasteiger partial charge on any atom is 0.151 e. The van der Waals surface area contributed by atoms with Crippen LogP contribution >= 0.6 is 0 Å². The van der Waals surface area contributed by atoms with Crippen LogP contribution in [0, 0.1) is 0 Å². The summed E-state index contributed by atoms with van der Waals surface area (Å²) in [6.07, 6.45) is 0.185. The molecule has 0 aliphatic heterocycles. The predicted octanol–water partition coefficient (Wildman–Crippen LogP) is -1.69. The lowest BCUT2D eigenvalue weighted by molar-refractivity contribution is -0.0570. The number of nitrogens with zero attached hydrogens (tertiary/aromatic N) is 1. The van der Waals surface area contributed by atoms with Crippen LogP contribution in [0.3, 0.4) is 0 Å². The third-order valence-corrected chi connectivity index (χ3v) is 3.17. The first-order valence-corrected chi connectivity index (χ1v) is 6.03. The molecular formula is C11H27N3O3. The smallest absolute Gasteiger partial charge is 0.151 e. The van der Waals surface area contributed by atoms with Crippen molar-refractivity contribution >= 4 is 0 Å². The predicted molar refractivity (Wildman–Crippen MR) is 67.5 cm³/mol. The Hall–Kier alpha value is -0.240. The van der Waals surface area contributed by atoms with Gasteiger partial charge in [0, 0.05) is 31.8 Å². The summed E-state index contributed by atoms with van der Waals surface area (Å²) in [7, 11) is 3.87. The van der Waals surface area contributed by atoms with E-state index in [1.54, 1.807) is 0 Å². The lowest BCUT2D eigenvalue weighted by atomic mass is 9.88. The molecule has 0 aromatic carbocycles. The van der Waals surface area contributed by atoms with E-state index in [1.807, 2.05) is 19.0 Å². The number of likely N-dealkylation sites (N-methyl/N-ethyl adjacent to an activating group) is 1. The van der Waals surface area contributed by atoms with Crippen LogP contribution in [0.15, 0.2) is 0 Å². The van der Waals surface area contributed by atoms with Gasteiger partial charge in [-0.2, -0.15) is 0 Å². The molecule has 0 radical (unpaired) electrons. The van der Waals surface area contributed by atoms with Crippen LogP contribution in [0.2, 0.25) is 0 Å². The number of aliphatic hydroxyl groups excluding tert-OH is 2. The van der Waals surface area contributed by atoms with E-state index in [-0.39, 0.29) is 12.1 Å². The lowest BCUT2D eigenvalue weighted by Crippen LogP contribution is -2.53. The molecule has 6 heteroatoms. The minimum atomic E-state index is -1.30. The summed E-state index contributed by atoms with van der Waals surface area (Å²) in [6.45, 7) is 2.02. The third-order valence-electron chi connectivity index (χ3n) is 3.17. The molecule has 0 spiro atoms. The zero-order valence-corrected chi connectivity index (χ0v) is 10.9. The third kappa shape index (κ3) is 6.30. The molecule has 0 aromatic heterocycles. The molecule has 104 valence electrons. The minimum absolute atomic E-state index is 0.0734. The fourth-order valence-electron chi connectivity index (χ4n) is 1.94. The first-order valence-electron chi connectivity index (χ1n) is 6.03. The van der Waals surface area contributed by atoms with E-state index >= 15 is 0 Å². The Morgan fingerprint density at radius 1 is 1.29 bits per heavy atom. The van der Waals surface area contributed by atoms with Crippen molar-refractivity contribution < 1.29 is 15.3 Å². The number of nitrogens with one attached hydrogen (secondary N) is 1. The first kappa shape index (κ1) is 16.8. The molecule has 6 nitrogen and oxygen atoms in total. The number of rotatable bonds is 10. The van der Waals surface area contributed by atoms with Crippen molar-refractivity contribution in [2.75, 3.05) is 40.3 Å². The highest BCUT2D eigenvalue weighted by molar-refractivity contribution is 4.90. The molecule has 0 aliphatic rings. The maximum absolute atomic E-state index is 9.17. The second kappa shape index (κ2) is 8.79. The number of aliphatic hydroxyl groups is 3. The van der Waals surface area contributed by atoms with E-state index in [0.29, 0.717) is 38.9 Å². The maximum atomic E-state index is 9.17. The second-order valence-electron chi connectivity index (χ2n) is 4.58. The molecule has 1 unspecified atom stereocenters. The quantitative estimate of drug-likeness (QED) is 0.234. The largest absolute Gasteiger partial charge is 0.396 e. The molecule has 0 rings (SSSR count). The summed E-state index contributed by atoms with van der Waals surface area (Å²) in [5, 5.41) is 30.3. The van der Waals surface area contributed by atoms with Gasteiger partial charge in [-0.15, -0.1) is 0 Å². The van der Waals surface area contributed by atoms with Crippen LogP contribution < -0.4 is 11.1 Å². The normalized spacial score (nSPS) is 15.5. The average molecular weight is 249 g/mol. The Balaban J connectivity index is 4.48. The fraction of sp³-hybridized carbons (Fsp3) is 1.00. The summed E-state index contributed by atoms with van der Waals surface area (Å²) in [5.41, 5.74) is 5.15. The van der Waals surface area contributed by atoms with Gasteiger partial charge >= 0.3 is 0 Å². The SMILES string of the molecule is CN(C)C(CCO)(CCC(O)O)CNCCN. The van der Waals surface area contributed by atoms with Gasteiger partial charge in [0.05, 0.1) is 0 Å². The minimum Gasteiger partial charge on any atom is -0.396 e. The van der Waals surface area contributed by atoms with Crippen molar-refractivity contribution in [3.05, 3.63) is 0 Å². The average Bonchev–Trinajstić information content (AvgIpc) is 2.25. The summed E-state index contributed by atoms with van der Waals surface area (Å²) in [6, 6.07) is 0. The molecule has 0 aliphatic carbocycles. The first-order chi connectivity index (χ1) is 7.98. The van der Waals surface area contributed by atoms with Gasteiger partial charge < -0.3 is 31.3 Å². The van der Waals surface area contributed by atoms with E-state index in [0.717, 1.165) is 0 Å². The summed E-state index contributed by atoms with van der Waals surface area (Å²) in [4.78, 5) is 2.02. The molecule has 1 atom stereocenters. The summed E-state index contributed by atoms with van der Waals surface area (Å²) >= 11 is 0. The van der Waals surface area contributed by atoms with E-state index < -0.39 is 6.29 Å². The fourth-order valence-corrected chi connectivity index (χ4v) is 1.94. The second-order valence-corrected chi connectivity index (χ2v) is 4.58. The monoisotopic (exact) mass is 249 g/mol. The molecular weight excluding hydrogens is 222 g/mol. The standard InChI is InChI=1S/C11H27N3O3/c1-14(2)11(5-8-15,4-3-10(16)17)9-13-7-6-12/h10,13,15-17H,3-9,12H2,1-2H3. The Morgan fingerprint density at radius 2 is 1.94 bits per heavy atom. The van der Waals surface area contributed by atoms with Crippen molar-refractivity contribution in [3.63, 3.8) is 0 Å². The van der Waals surface area contributed by atoms with Gasteiger partial charge in [0.25, 0.3) is 0 Å². The van der Waals surface area contributed by atoms with Gasteiger partial charge in [-0.25, -0.2) is 0 Å². The summed E-state index contributed by atoms with van der Waals surface area (Å²) < 4.78 is 0.